The van der Waals surface area contributed by atoms with Crippen molar-refractivity contribution >= 4 is 6.34 Å². The first-order chi connectivity index (χ1) is 7.33. The number of hydrazine groups is 1. The van der Waals surface area contributed by atoms with Crippen LogP contribution in [0.25, 0.3) is 0 Å². The van der Waals surface area contributed by atoms with Gasteiger partial charge in [-0.3, -0.25) is 5.01 Å². The summed E-state index contributed by atoms with van der Waals surface area (Å²) in [6.07, 6.45) is 2.32. The molecule has 2 heterocycles. The van der Waals surface area contributed by atoms with E-state index in [-0.39, 0.29) is 0 Å². The molecule has 0 bridgehead atoms. The van der Waals surface area contributed by atoms with Crippen molar-refractivity contribution in [2.24, 2.45) is 4.99 Å². The molecule has 1 atom stereocenters. The lowest BCUT2D eigenvalue weighted by atomic mass is 10.4. The monoisotopic (exact) mass is 213 g/mol. The maximum absolute atomic E-state index is 9.94. The van der Waals surface area contributed by atoms with Crippen molar-refractivity contribution in [2.45, 2.75) is 6.23 Å². The number of nitrogens with zero attached hydrogens (tertiary/aromatic N) is 3. The Labute approximate surface area is 88.4 Å². The number of hydrogen-bond donors (Lipinski definition) is 1. The molecule has 1 saturated heterocycles. The third-order valence-electron chi connectivity index (χ3n) is 2.44. The van der Waals surface area contributed by atoms with E-state index in [1.807, 2.05) is 5.01 Å². The summed E-state index contributed by atoms with van der Waals surface area (Å²) in [6.45, 7) is 2.84. The molecule has 15 heavy (non-hydrogen) atoms. The van der Waals surface area contributed by atoms with Gasteiger partial charge in [0.2, 0.25) is 6.23 Å². The van der Waals surface area contributed by atoms with Crippen molar-refractivity contribution in [1.29, 1.82) is 0 Å². The van der Waals surface area contributed by atoms with Crippen LogP contribution in [0.5, 0.6) is 0 Å². The lowest BCUT2D eigenvalue weighted by Gasteiger charge is -2.39. The minimum atomic E-state index is -0.786. The lowest BCUT2D eigenvalue weighted by Crippen LogP contribution is -2.54. The Morgan fingerprint density at radius 2 is 2.27 bits per heavy atom. The molecule has 2 aliphatic rings. The molecule has 0 aromatic heterocycles. The second-order valence-electron chi connectivity index (χ2n) is 3.32. The smallest absolute Gasteiger partial charge is 0.202 e. The molecule has 0 amide bonds. The van der Waals surface area contributed by atoms with Gasteiger partial charge in [-0.2, -0.15) is 0 Å². The van der Waals surface area contributed by atoms with Crippen molar-refractivity contribution in [3.63, 3.8) is 0 Å². The second kappa shape index (κ2) is 4.61. The number of methoxy groups -OCH3 is 1. The Kier molecular flexibility index (Phi) is 3.20. The largest absolute Gasteiger partial charge is 0.495 e. The normalized spacial score (nSPS) is 27.7. The van der Waals surface area contributed by atoms with E-state index < -0.39 is 6.23 Å². The molecule has 1 fully saturated rings. The molecule has 6 nitrogen and oxygen atoms in total. The Bertz CT molecular complexity index is 274. The zero-order valence-corrected chi connectivity index (χ0v) is 8.67. The second-order valence-corrected chi connectivity index (χ2v) is 3.32. The highest BCUT2D eigenvalue weighted by atomic mass is 16.5. The average molecular weight is 213 g/mol. The zero-order valence-electron chi connectivity index (χ0n) is 8.67. The first kappa shape index (κ1) is 10.4. The SMILES string of the molecule is COC1=CN=CN(N2CCOCC2)C1O. The van der Waals surface area contributed by atoms with Crippen molar-refractivity contribution in [3.8, 4) is 0 Å². The fourth-order valence-corrected chi connectivity index (χ4v) is 1.61. The molecule has 0 aromatic carbocycles. The molecule has 84 valence electrons. The number of aliphatic hydroxyl groups is 1. The van der Waals surface area contributed by atoms with Crippen LogP contribution in [0, 0.1) is 0 Å². The number of ether oxygens (including phenoxy) is 2. The molecule has 0 radical (unpaired) electrons. The number of morpholine rings is 1. The molecular weight excluding hydrogens is 198 g/mol. The highest BCUT2D eigenvalue weighted by Gasteiger charge is 2.27. The third-order valence-corrected chi connectivity index (χ3v) is 2.44. The summed E-state index contributed by atoms with van der Waals surface area (Å²) in [5.41, 5.74) is 0. The van der Waals surface area contributed by atoms with Crippen molar-refractivity contribution in [2.75, 3.05) is 33.4 Å². The predicted molar refractivity (Wildman–Crippen MR) is 53.8 cm³/mol. The minimum absolute atomic E-state index is 0.448. The van der Waals surface area contributed by atoms with Gasteiger partial charge in [-0.1, -0.05) is 0 Å². The van der Waals surface area contributed by atoms with E-state index in [1.165, 1.54) is 13.3 Å². The summed E-state index contributed by atoms with van der Waals surface area (Å²) in [6, 6.07) is 0. The summed E-state index contributed by atoms with van der Waals surface area (Å²) >= 11 is 0. The minimum Gasteiger partial charge on any atom is -0.495 e. The van der Waals surface area contributed by atoms with E-state index in [0.29, 0.717) is 19.0 Å². The van der Waals surface area contributed by atoms with Gasteiger partial charge >= 0.3 is 0 Å². The third kappa shape index (κ3) is 2.11. The van der Waals surface area contributed by atoms with Crippen LogP contribution < -0.4 is 0 Å². The molecule has 1 unspecified atom stereocenters. The van der Waals surface area contributed by atoms with Gasteiger partial charge in [-0.05, 0) is 0 Å². The number of aliphatic imine (C=N–C) groups is 1. The van der Waals surface area contributed by atoms with Gasteiger partial charge in [0, 0.05) is 13.1 Å². The summed E-state index contributed by atoms with van der Waals surface area (Å²) in [5.74, 6) is 0.448. The van der Waals surface area contributed by atoms with E-state index in [9.17, 15) is 5.11 Å². The molecule has 0 spiro atoms. The number of aliphatic hydroxyl groups excluding tert-OH is 1. The Hall–Kier alpha value is -1.11. The van der Waals surface area contributed by atoms with Crippen LogP contribution in [0.15, 0.2) is 17.0 Å². The van der Waals surface area contributed by atoms with Crippen molar-refractivity contribution in [1.82, 2.24) is 10.0 Å². The van der Waals surface area contributed by atoms with Gasteiger partial charge in [0.25, 0.3) is 0 Å². The van der Waals surface area contributed by atoms with Gasteiger partial charge in [-0.25, -0.2) is 10.0 Å². The van der Waals surface area contributed by atoms with Crippen LogP contribution in [0.1, 0.15) is 0 Å². The van der Waals surface area contributed by atoms with Gasteiger partial charge in [0.05, 0.1) is 26.5 Å². The first-order valence-electron chi connectivity index (χ1n) is 4.89. The standard InChI is InChI=1S/C9H15N3O3/c1-14-8-6-10-7-12(9(8)13)11-2-4-15-5-3-11/h6-7,9,13H,2-5H2,1H3. The molecule has 0 aromatic rings. The lowest BCUT2D eigenvalue weighted by molar-refractivity contribution is -0.120. The van der Waals surface area contributed by atoms with E-state index in [4.69, 9.17) is 9.47 Å². The first-order valence-corrected chi connectivity index (χ1v) is 4.89. The highest BCUT2D eigenvalue weighted by Crippen LogP contribution is 2.15. The molecule has 6 heteroatoms. The van der Waals surface area contributed by atoms with Gasteiger partial charge in [-0.15, -0.1) is 0 Å². The maximum atomic E-state index is 9.94. The van der Waals surface area contributed by atoms with Crippen molar-refractivity contribution in [3.05, 3.63) is 12.0 Å². The van der Waals surface area contributed by atoms with E-state index in [1.54, 1.807) is 11.3 Å². The fourth-order valence-electron chi connectivity index (χ4n) is 1.61. The topological polar surface area (TPSA) is 57.5 Å². The van der Waals surface area contributed by atoms with Crippen LogP contribution in [-0.4, -0.2) is 61.1 Å². The fraction of sp³-hybridized carbons (Fsp3) is 0.667. The van der Waals surface area contributed by atoms with Gasteiger partial charge < -0.3 is 14.6 Å². The number of rotatable bonds is 2. The van der Waals surface area contributed by atoms with Crippen LogP contribution in [-0.2, 0) is 9.47 Å². The summed E-state index contributed by atoms with van der Waals surface area (Å²) in [7, 11) is 1.52. The molecule has 1 N–H and O–H groups in total. The molecular formula is C9H15N3O3. The van der Waals surface area contributed by atoms with Crippen molar-refractivity contribution < 1.29 is 14.6 Å². The maximum Gasteiger partial charge on any atom is 0.202 e. The Morgan fingerprint density at radius 3 is 2.93 bits per heavy atom. The van der Waals surface area contributed by atoms with E-state index in [2.05, 4.69) is 4.99 Å². The zero-order chi connectivity index (χ0) is 10.7. The Morgan fingerprint density at radius 1 is 1.53 bits per heavy atom. The Balaban J connectivity index is 2.03. The summed E-state index contributed by atoms with van der Waals surface area (Å²) < 4.78 is 10.3. The number of hydrogen-bond acceptors (Lipinski definition) is 6. The van der Waals surface area contributed by atoms with Crippen LogP contribution in [0.4, 0.5) is 0 Å². The summed E-state index contributed by atoms with van der Waals surface area (Å²) in [5, 5.41) is 13.6. The molecule has 0 aliphatic carbocycles. The molecule has 0 saturated carbocycles. The molecule has 2 aliphatic heterocycles. The predicted octanol–water partition coefficient (Wildman–Crippen LogP) is -0.616. The van der Waals surface area contributed by atoms with E-state index >= 15 is 0 Å². The summed E-state index contributed by atoms with van der Waals surface area (Å²) in [4.78, 5) is 4.01. The quantitative estimate of drug-likeness (QED) is 0.662. The van der Waals surface area contributed by atoms with Crippen LogP contribution in [0.3, 0.4) is 0 Å². The highest BCUT2D eigenvalue weighted by molar-refractivity contribution is 5.57. The molecule has 2 rings (SSSR count). The van der Waals surface area contributed by atoms with Gasteiger partial charge in [0.1, 0.15) is 6.34 Å². The van der Waals surface area contributed by atoms with Crippen LogP contribution in [0.2, 0.25) is 0 Å². The van der Waals surface area contributed by atoms with E-state index in [0.717, 1.165) is 13.1 Å². The van der Waals surface area contributed by atoms with Crippen LogP contribution >= 0.6 is 0 Å². The van der Waals surface area contributed by atoms with Gasteiger partial charge in [0.15, 0.2) is 5.76 Å². The average Bonchev–Trinajstić information content (AvgIpc) is 2.30.